The topological polar surface area (TPSA) is 58.4 Å². The van der Waals surface area contributed by atoms with Gasteiger partial charge in [0.1, 0.15) is 0 Å². The molecule has 5 heteroatoms. The summed E-state index contributed by atoms with van der Waals surface area (Å²) < 4.78 is 2.06. The molecular weight excluding hydrogens is 242 g/mol. The lowest BCUT2D eigenvalue weighted by Crippen LogP contribution is -2.46. The molecule has 0 atom stereocenters. The Bertz CT molecular complexity index is 420. The van der Waals surface area contributed by atoms with Gasteiger partial charge in [0, 0.05) is 25.8 Å². The zero-order valence-electron chi connectivity index (χ0n) is 11.7. The number of carboxylic acid groups (broad SMARTS) is 1. The fourth-order valence-electron chi connectivity index (χ4n) is 2.74. The molecule has 106 valence electrons. The third-order valence-electron chi connectivity index (χ3n) is 3.86. The van der Waals surface area contributed by atoms with Crippen LogP contribution >= 0.6 is 0 Å². The number of carbonyl (C=O) groups is 1. The number of carboxylic acids is 1. The van der Waals surface area contributed by atoms with E-state index in [2.05, 4.69) is 40.8 Å². The van der Waals surface area contributed by atoms with Crippen LogP contribution in [0.4, 0.5) is 0 Å². The highest BCUT2D eigenvalue weighted by atomic mass is 16.4. The van der Waals surface area contributed by atoms with Crippen LogP contribution in [0, 0.1) is 5.92 Å². The first-order chi connectivity index (χ1) is 9.12. The van der Waals surface area contributed by atoms with Crippen LogP contribution in [0.1, 0.15) is 44.8 Å². The van der Waals surface area contributed by atoms with E-state index in [0.29, 0.717) is 18.4 Å². The first kappa shape index (κ1) is 14.1. The van der Waals surface area contributed by atoms with Gasteiger partial charge in [-0.2, -0.15) is 5.10 Å². The summed E-state index contributed by atoms with van der Waals surface area (Å²) in [5.41, 5.74) is 1.08. The number of likely N-dealkylation sites (tertiary alicyclic amines) is 1. The van der Waals surface area contributed by atoms with Gasteiger partial charge >= 0.3 is 5.97 Å². The van der Waals surface area contributed by atoms with Gasteiger partial charge in [-0.05, 0) is 24.8 Å². The van der Waals surface area contributed by atoms with E-state index in [0.717, 1.165) is 38.2 Å². The summed E-state index contributed by atoms with van der Waals surface area (Å²) in [5, 5.41) is 13.3. The zero-order chi connectivity index (χ0) is 13.8. The molecule has 0 aliphatic carbocycles. The van der Waals surface area contributed by atoms with Gasteiger partial charge in [0.15, 0.2) is 0 Å². The van der Waals surface area contributed by atoms with E-state index >= 15 is 0 Å². The third-order valence-corrected chi connectivity index (χ3v) is 3.86. The number of hydrogen-bond donors (Lipinski definition) is 1. The largest absolute Gasteiger partial charge is 0.481 e. The molecule has 1 aliphatic heterocycles. The second kappa shape index (κ2) is 6.19. The summed E-state index contributed by atoms with van der Waals surface area (Å²) in [7, 11) is 0. The average Bonchev–Trinajstić information content (AvgIpc) is 2.76. The Morgan fingerprint density at radius 3 is 2.74 bits per heavy atom. The van der Waals surface area contributed by atoms with Crippen LogP contribution in [0.15, 0.2) is 12.3 Å². The van der Waals surface area contributed by atoms with Crippen molar-refractivity contribution in [2.24, 2.45) is 5.92 Å². The quantitative estimate of drug-likeness (QED) is 0.820. The number of aromatic nitrogens is 2. The molecule has 1 fully saturated rings. The van der Waals surface area contributed by atoms with Gasteiger partial charge in [0.2, 0.25) is 0 Å². The van der Waals surface area contributed by atoms with Gasteiger partial charge in [-0.15, -0.1) is 0 Å². The van der Waals surface area contributed by atoms with Crippen molar-refractivity contribution in [2.45, 2.75) is 45.7 Å². The van der Waals surface area contributed by atoms with Gasteiger partial charge in [-0.1, -0.05) is 13.8 Å². The first-order valence-electron chi connectivity index (χ1n) is 7.10. The maximum absolute atomic E-state index is 10.6. The maximum atomic E-state index is 10.6. The van der Waals surface area contributed by atoms with E-state index in [4.69, 9.17) is 5.11 Å². The van der Waals surface area contributed by atoms with E-state index in [1.54, 1.807) is 0 Å². The van der Waals surface area contributed by atoms with Crippen molar-refractivity contribution in [3.63, 3.8) is 0 Å². The molecule has 1 N–H and O–H groups in total. The van der Waals surface area contributed by atoms with Crippen LogP contribution in [0.25, 0.3) is 0 Å². The van der Waals surface area contributed by atoms with Gasteiger partial charge < -0.3 is 5.11 Å². The summed E-state index contributed by atoms with van der Waals surface area (Å²) in [6, 6.07) is 2.56. The predicted molar refractivity (Wildman–Crippen MR) is 72.9 cm³/mol. The summed E-state index contributed by atoms with van der Waals surface area (Å²) in [4.78, 5) is 12.8. The SMILES string of the molecule is CCC(CC)n1ccc(CN2CC(CC(=O)O)C2)n1. The highest BCUT2D eigenvalue weighted by Gasteiger charge is 2.28. The summed E-state index contributed by atoms with van der Waals surface area (Å²) in [6.07, 6.45) is 4.55. The minimum absolute atomic E-state index is 0.290. The Morgan fingerprint density at radius 1 is 1.47 bits per heavy atom. The second-order valence-electron chi connectivity index (χ2n) is 5.42. The predicted octanol–water partition coefficient (Wildman–Crippen LogP) is 2.15. The number of nitrogens with zero attached hydrogens (tertiary/aromatic N) is 3. The minimum atomic E-state index is -0.692. The summed E-state index contributed by atoms with van der Waals surface area (Å²) >= 11 is 0. The molecule has 0 radical (unpaired) electrons. The van der Waals surface area contributed by atoms with Crippen LogP contribution in [0.3, 0.4) is 0 Å². The molecule has 0 bridgehead atoms. The number of hydrogen-bond acceptors (Lipinski definition) is 3. The molecule has 2 heterocycles. The van der Waals surface area contributed by atoms with Crippen molar-refractivity contribution < 1.29 is 9.90 Å². The minimum Gasteiger partial charge on any atom is -0.481 e. The number of aliphatic carboxylic acids is 1. The Morgan fingerprint density at radius 2 is 2.16 bits per heavy atom. The molecule has 0 spiro atoms. The average molecular weight is 265 g/mol. The van der Waals surface area contributed by atoms with Crippen LogP contribution in [0.5, 0.6) is 0 Å². The molecule has 1 aliphatic rings. The Labute approximate surface area is 114 Å². The first-order valence-corrected chi connectivity index (χ1v) is 7.10. The lowest BCUT2D eigenvalue weighted by Gasteiger charge is -2.38. The van der Waals surface area contributed by atoms with E-state index in [1.807, 2.05) is 0 Å². The maximum Gasteiger partial charge on any atom is 0.303 e. The molecule has 1 aromatic heterocycles. The highest BCUT2D eigenvalue weighted by molar-refractivity contribution is 5.67. The Kier molecular flexibility index (Phi) is 4.58. The lowest BCUT2D eigenvalue weighted by atomic mass is 9.96. The molecule has 5 nitrogen and oxygen atoms in total. The van der Waals surface area contributed by atoms with Gasteiger partial charge in [0.05, 0.1) is 18.2 Å². The smallest absolute Gasteiger partial charge is 0.303 e. The Hall–Kier alpha value is -1.36. The molecular formula is C14H23N3O2. The monoisotopic (exact) mass is 265 g/mol. The second-order valence-corrected chi connectivity index (χ2v) is 5.42. The molecule has 0 amide bonds. The van der Waals surface area contributed by atoms with Crippen molar-refractivity contribution >= 4 is 5.97 Å². The van der Waals surface area contributed by atoms with E-state index < -0.39 is 5.97 Å². The fourth-order valence-corrected chi connectivity index (χ4v) is 2.74. The van der Waals surface area contributed by atoms with E-state index in [9.17, 15) is 4.79 Å². The van der Waals surface area contributed by atoms with Crippen molar-refractivity contribution in [1.29, 1.82) is 0 Å². The summed E-state index contributed by atoms with van der Waals surface area (Å²) in [5.74, 6) is -0.374. The lowest BCUT2D eigenvalue weighted by molar-refractivity contribution is -0.139. The molecule has 0 unspecified atom stereocenters. The fraction of sp³-hybridized carbons (Fsp3) is 0.714. The molecule has 1 saturated heterocycles. The van der Waals surface area contributed by atoms with E-state index in [1.165, 1.54) is 0 Å². The molecule has 0 saturated carbocycles. The van der Waals surface area contributed by atoms with Crippen molar-refractivity contribution in [3.8, 4) is 0 Å². The van der Waals surface area contributed by atoms with Gasteiger partial charge in [-0.3, -0.25) is 14.4 Å². The van der Waals surface area contributed by atoms with Crippen LogP contribution in [0.2, 0.25) is 0 Å². The molecule has 1 aromatic rings. The van der Waals surface area contributed by atoms with Crippen molar-refractivity contribution in [2.75, 3.05) is 13.1 Å². The van der Waals surface area contributed by atoms with Crippen molar-refractivity contribution in [3.05, 3.63) is 18.0 Å². The Balaban J connectivity index is 1.80. The van der Waals surface area contributed by atoms with Gasteiger partial charge in [-0.25, -0.2) is 0 Å². The third kappa shape index (κ3) is 3.56. The summed E-state index contributed by atoms with van der Waals surface area (Å²) in [6.45, 7) is 6.96. The normalized spacial score (nSPS) is 16.8. The standard InChI is InChI=1S/C14H23N3O2/c1-3-13(4-2)17-6-5-12(15-17)10-16-8-11(9-16)7-14(18)19/h5-6,11,13H,3-4,7-10H2,1-2H3,(H,18,19). The zero-order valence-corrected chi connectivity index (χ0v) is 11.7. The van der Waals surface area contributed by atoms with Crippen LogP contribution < -0.4 is 0 Å². The molecule has 0 aromatic carbocycles. The molecule has 19 heavy (non-hydrogen) atoms. The number of rotatable bonds is 7. The van der Waals surface area contributed by atoms with E-state index in [-0.39, 0.29) is 0 Å². The van der Waals surface area contributed by atoms with Gasteiger partial charge in [0.25, 0.3) is 0 Å². The van der Waals surface area contributed by atoms with Crippen LogP contribution in [-0.4, -0.2) is 38.8 Å². The molecule has 2 rings (SSSR count). The highest BCUT2D eigenvalue weighted by Crippen LogP contribution is 2.21. The van der Waals surface area contributed by atoms with Crippen LogP contribution in [-0.2, 0) is 11.3 Å². The van der Waals surface area contributed by atoms with Crippen molar-refractivity contribution in [1.82, 2.24) is 14.7 Å².